The molecule has 0 saturated heterocycles. The van der Waals surface area contributed by atoms with Crippen LogP contribution in [0.15, 0.2) is 28.1 Å². The maximum Gasteiger partial charge on any atom is 0.186 e. The normalized spacial score (nSPS) is 11.8. The summed E-state index contributed by atoms with van der Waals surface area (Å²) in [5.74, 6) is 0. The first-order valence-corrected chi connectivity index (χ1v) is 4.96. The number of isothiocyanates is 1. The second-order valence-corrected chi connectivity index (χ2v) is 3.55. The second-order valence-electron chi connectivity index (χ2n) is 2.40. The summed E-state index contributed by atoms with van der Waals surface area (Å²) in [4.78, 5) is 4.15. The van der Waals surface area contributed by atoms with E-state index in [4.69, 9.17) is 4.55 Å². The van der Waals surface area contributed by atoms with Gasteiger partial charge in [0.15, 0.2) is 11.1 Å². The third-order valence-electron chi connectivity index (χ3n) is 1.54. The lowest BCUT2D eigenvalue weighted by atomic mass is 10.2. The van der Waals surface area contributed by atoms with Gasteiger partial charge in [0.05, 0.1) is 15.7 Å². The van der Waals surface area contributed by atoms with Gasteiger partial charge in [-0.3, -0.25) is 0 Å². The Kier molecular flexibility index (Phi) is 3.45. The Morgan fingerprint density at radius 3 is 2.77 bits per heavy atom. The molecular weight excluding hydrogens is 206 g/mol. The summed E-state index contributed by atoms with van der Waals surface area (Å²) in [6.45, 7) is 1.79. The first-order chi connectivity index (χ1) is 6.15. The van der Waals surface area contributed by atoms with Crippen molar-refractivity contribution in [2.45, 2.75) is 11.8 Å². The van der Waals surface area contributed by atoms with Gasteiger partial charge < -0.3 is 4.55 Å². The predicted molar refractivity (Wildman–Crippen MR) is 54.9 cm³/mol. The van der Waals surface area contributed by atoms with Crippen molar-refractivity contribution in [3.05, 3.63) is 23.8 Å². The van der Waals surface area contributed by atoms with Crippen molar-refractivity contribution in [2.24, 2.45) is 4.99 Å². The molecule has 1 unspecified atom stereocenters. The van der Waals surface area contributed by atoms with E-state index in [0.717, 1.165) is 5.56 Å². The highest BCUT2D eigenvalue weighted by Gasteiger charge is 2.02. The molecule has 0 heterocycles. The van der Waals surface area contributed by atoms with Crippen LogP contribution in [0.3, 0.4) is 0 Å². The largest absolute Gasteiger partial charge is 0.302 e. The van der Waals surface area contributed by atoms with E-state index in [2.05, 4.69) is 22.4 Å². The summed E-state index contributed by atoms with van der Waals surface area (Å²) in [6, 6.07) is 4.77. The minimum Gasteiger partial charge on any atom is -0.302 e. The fraction of sp³-hybridized carbons (Fsp3) is 0.125. The predicted octanol–water partition coefficient (Wildman–Crippen LogP) is 2.31. The molecule has 0 aliphatic carbocycles. The van der Waals surface area contributed by atoms with Gasteiger partial charge in [-0.1, -0.05) is 0 Å². The van der Waals surface area contributed by atoms with E-state index in [9.17, 15) is 4.21 Å². The van der Waals surface area contributed by atoms with E-state index in [1.807, 2.05) is 0 Å². The fourth-order valence-corrected chi connectivity index (χ4v) is 1.47. The van der Waals surface area contributed by atoms with Crippen LogP contribution in [-0.4, -0.2) is 13.9 Å². The number of benzene rings is 1. The molecule has 0 fully saturated rings. The van der Waals surface area contributed by atoms with Crippen LogP contribution < -0.4 is 0 Å². The monoisotopic (exact) mass is 213 g/mol. The maximum absolute atomic E-state index is 10.7. The van der Waals surface area contributed by atoms with Gasteiger partial charge in [0.1, 0.15) is 0 Å². The number of aliphatic imine (C=N–C) groups is 1. The van der Waals surface area contributed by atoms with Crippen LogP contribution in [0.4, 0.5) is 5.69 Å². The second kappa shape index (κ2) is 4.39. The van der Waals surface area contributed by atoms with E-state index >= 15 is 0 Å². The van der Waals surface area contributed by atoms with Crippen LogP contribution in [0.2, 0.25) is 0 Å². The third kappa shape index (κ3) is 2.54. The highest BCUT2D eigenvalue weighted by Crippen LogP contribution is 2.20. The molecule has 0 saturated carbocycles. The first kappa shape index (κ1) is 10.2. The Bertz CT molecular complexity index is 397. The van der Waals surface area contributed by atoms with Gasteiger partial charge in [0.25, 0.3) is 0 Å². The number of hydrogen-bond donors (Lipinski definition) is 1. The summed E-state index contributed by atoms with van der Waals surface area (Å²) in [6.07, 6.45) is 0. The number of nitrogens with zero attached hydrogens (tertiary/aromatic N) is 1. The van der Waals surface area contributed by atoms with Gasteiger partial charge in [-0.15, -0.1) is 0 Å². The summed E-state index contributed by atoms with van der Waals surface area (Å²) < 4.78 is 19.4. The van der Waals surface area contributed by atoms with Gasteiger partial charge in [0, 0.05) is 0 Å². The molecule has 1 N–H and O–H groups in total. The van der Waals surface area contributed by atoms with Crippen LogP contribution >= 0.6 is 12.2 Å². The lowest BCUT2D eigenvalue weighted by Crippen LogP contribution is -1.88. The third-order valence-corrected chi connectivity index (χ3v) is 2.28. The van der Waals surface area contributed by atoms with E-state index < -0.39 is 11.1 Å². The molecule has 0 radical (unpaired) electrons. The Labute approximate surface area is 83.8 Å². The minimum absolute atomic E-state index is 0.362. The smallest absolute Gasteiger partial charge is 0.186 e. The fourth-order valence-electron chi connectivity index (χ4n) is 0.911. The van der Waals surface area contributed by atoms with Crippen molar-refractivity contribution in [3.63, 3.8) is 0 Å². The van der Waals surface area contributed by atoms with Crippen LogP contribution in [0.1, 0.15) is 5.56 Å². The van der Waals surface area contributed by atoms with Crippen molar-refractivity contribution in [1.29, 1.82) is 0 Å². The van der Waals surface area contributed by atoms with Crippen molar-refractivity contribution < 1.29 is 8.76 Å². The molecule has 0 aliphatic heterocycles. The van der Waals surface area contributed by atoms with E-state index in [1.165, 1.54) is 6.07 Å². The standard InChI is InChI=1S/C8H7NO2S2/c1-6-4-7(13(10)11)2-3-8(6)9-5-12/h2-4H,1H3,(H,10,11). The van der Waals surface area contributed by atoms with Crippen molar-refractivity contribution in [1.82, 2.24) is 0 Å². The maximum atomic E-state index is 10.7. The molecule has 0 bridgehead atoms. The molecule has 3 nitrogen and oxygen atoms in total. The van der Waals surface area contributed by atoms with Crippen molar-refractivity contribution in [2.75, 3.05) is 0 Å². The van der Waals surface area contributed by atoms with Gasteiger partial charge in [-0.25, -0.2) is 4.21 Å². The zero-order valence-electron chi connectivity index (χ0n) is 6.85. The first-order valence-electron chi connectivity index (χ1n) is 3.44. The molecule has 0 aromatic heterocycles. The van der Waals surface area contributed by atoms with E-state index in [1.54, 1.807) is 19.1 Å². The van der Waals surface area contributed by atoms with E-state index in [-0.39, 0.29) is 0 Å². The average molecular weight is 213 g/mol. The lowest BCUT2D eigenvalue weighted by Gasteiger charge is -1.99. The highest BCUT2D eigenvalue weighted by atomic mass is 32.2. The van der Waals surface area contributed by atoms with Crippen LogP contribution in [0, 0.1) is 6.92 Å². The highest BCUT2D eigenvalue weighted by molar-refractivity contribution is 7.79. The molecule has 0 aliphatic rings. The summed E-state index contributed by atoms with van der Waals surface area (Å²) in [5.41, 5.74) is 1.47. The van der Waals surface area contributed by atoms with Crippen LogP contribution in [-0.2, 0) is 11.1 Å². The number of hydrogen-bond acceptors (Lipinski definition) is 3. The number of rotatable bonds is 2. The minimum atomic E-state index is -1.94. The molecular formula is C8H7NO2S2. The Morgan fingerprint density at radius 2 is 2.31 bits per heavy atom. The zero-order valence-corrected chi connectivity index (χ0v) is 8.48. The molecule has 0 amide bonds. The molecule has 1 aromatic carbocycles. The Morgan fingerprint density at radius 1 is 1.62 bits per heavy atom. The molecule has 13 heavy (non-hydrogen) atoms. The van der Waals surface area contributed by atoms with E-state index in [0.29, 0.717) is 10.6 Å². The quantitative estimate of drug-likeness (QED) is 0.466. The summed E-state index contributed by atoms with van der Waals surface area (Å²) in [7, 11) is 0. The molecule has 1 rings (SSSR count). The average Bonchev–Trinajstić information content (AvgIpc) is 2.08. The molecule has 68 valence electrons. The zero-order chi connectivity index (χ0) is 9.84. The Balaban J connectivity index is 3.19. The van der Waals surface area contributed by atoms with Crippen molar-refractivity contribution >= 4 is 34.1 Å². The molecule has 0 spiro atoms. The van der Waals surface area contributed by atoms with Gasteiger partial charge in [-0.2, -0.15) is 4.99 Å². The number of thiocarbonyl (C=S) groups is 1. The van der Waals surface area contributed by atoms with Crippen LogP contribution in [0.25, 0.3) is 0 Å². The summed E-state index contributed by atoms with van der Waals surface area (Å²) >= 11 is 2.51. The SMILES string of the molecule is Cc1cc(S(=O)O)ccc1N=C=S. The number of aryl methyl sites for hydroxylation is 1. The van der Waals surface area contributed by atoms with Gasteiger partial charge in [-0.05, 0) is 42.9 Å². The van der Waals surface area contributed by atoms with Crippen molar-refractivity contribution in [3.8, 4) is 0 Å². The summed E-state index contributed by atoms with van der Waals surface area (Å²) in [5, 5.41) is 2.24. The molecule has 1 atom stereocenters. The molecule has 5 heteroatoms. The van der Waals surface area contributed by atoms with Crippen LogP contribution in [0.5, 0.6) is 0 Å². The topological polar surface area (TPSA) is 49.7 Å². The van der Waals surface area contributed by atoms with Gasteiger partial charge >= 0.3 is 0 Å². The van der Waals surface area contributed by atoms with Gasteiger partial charge in [0.2, 0.25) is 0 Å². The molecule has 1 aromatic rings. The lowest BCUT2D eigenvalue weighted by molar-refractivity contribution is 0.564. The Hall–Kier alpha value is -0.870.